The fourth-order valence-electron chi connectivity index (χ4n) is 2.37. The first kappa shape index (κ1) is 15.9. The zero-order valence-corrected chi connectivity index (χ0v) is 12.6. The molecule has 2 rings (SSSR count). The van der Waals surface area contributed by atoms with Crippen LogP contribution in [0.4, 0.5) is 0 Å². The van der Waals surface area contributed by atoms with Gasteiger partial charge in [-0.25, -0.2) is 0 Å². The third-order valence-corrected chi connectivity index (χ3v) is 3.44. The third kappa shape index (κ3) is 4.28. The number of unbranched alkanes of at least 4 members (excludes halogenated alkanes) is 2. The number of carbonyl (C=O) groups is 2. The highest BCUT2D eigenvalue weighted by atomic mass is 16.4. The van der Waals surface area contributed by atoms with Crippen molar-refractivity contribution in [3.8, 4) is 0 Å². The van der Waals surface area contributed by atoms with E-state index < -0.39 is 5.97 Å². The van der Waals surface area contributed by atoms with E-state index in [0.29, 0.717) is 18.5 Å². The summed E-state index contributed by atoms with van der Waals surface area (Å²) in [6.45, 7) is 2.42. The van der Waals surface area contributed by atoms with Gasteiger partial charge in [-0.15, -0.1) is 0 Å². The van der Waals surface area contributed by atoms with Crippen LogP contribution in [0.5, 0.6) is 0 Å². The Hall–Kier alpha value is -2.43. The highest BCUT2D eigenvalue weighted by Crippen LogP contribution is 2.18. The summed E-state index contributed by atoms with van der Waals surface area (Å²) in [7, 11) is 0. The smallest absolute Gasteiger partial charge is 0.303 e. The van der Waals surface area contributed by atoms with Crippen LogP contribution in [0.25, 0.3) is 10.9 Å². The topological polar surface area (TPSA) is 79.3 Å². The molecule has 1 heterocycles. The monoisotopic (exact) mass is 300 g/mol. The summed E-state index contributed by atoms with van der Waals surface area (Å²) in [6, 6.07) is 9.37. The standard InChI is InChI=1S/C17H20N2O3/c1-12-11-14(13-7-4-5-8-15(13)19-12)17(22)18-10-6-2-3-9-16(20)21/h4-5,7-8,11H,2-3,6,9-10H2,1H3,(H,18,22)(H,20,21). The van der Waals surface area contributed by atoms with Gasteiger partial charge in [0.15, 0.2) is 0 Å². The van der Waals surface area contributed by atoms with Crippen LogP contribution in [0.1, 0.15) is 41.7 Å². The first-order chi connectivity index (χ1) is 10.6. The number of para-hydroxylation sites is 1. The Bertz CT molecular complexity index is 683. The van der Waals surface area contributed by atoms with Gasteiger partial charge in [-0.3, -0.25) is 14.6 Å². The maximum atomic E-state index is 12.3. The minimum atomic E-state index is -0.775. The molecule has 116 valence electrons. The molecule has 2 aromatic rings. The van der Waals surface area contributed by atoms with Crippen molar-refractivity contribution in [2.24, 2.45) is 0 Å². The number of aryl methyl sites for hydroxylation is 1. The third-order valence-electron chi connectivity index (χ3n) is 3.44. The molecule has 0 aliphatic carbocycles. The molecule has 0 saturated carbocycles. The first-order valence-corrected chi connectivity index (χ1v) is 7.44. The second-order valence-corrected chi connectivity index (χ2v) is 5.29. The lowest BCUT2D eigenvalue weighted by atomic mass is 10.1. The molecular weight excluding hydrogens is 280 g/mol. The second kappa shape index (κ2) is 7.54. The molecule has 0 radical (unpaired) electrons. The molecule has 1 aromatic carbocycles. The van der Waals surface area contributed by atoms with Crippen LogP contribution in [-0.2, 0) is 4.79 Å². The zero-order chi connectivity index (χ0) is 15.9. The summed E-state index contributed by atoms with van der Waals surface area (Å²) >= 11 is 0. The molecule has 0 fully saturated rings. The van der Waals surface area contributed by atoms with Crippen molar-refractivity contribution in [2.75, 3.05) is 6.54 Å². The molecule has 0 aliphatic rings. The number of fused-ring (bicyclic) bond motifs is 1. The Morgan fingerprint density at radius 2 is 1.95 bits per heavy atom. The van der Waals surface area contributed by atoms with Crippen molar-refractivity contribution < 1.29 is 14.7 Å². The predicted octanol–water partition coefficient (Wildman–Crippen LogP) is 2.92. The van der Waals surface area contributed by atoms with Gasteiger partial charge in [-0.05, 0) is 31.9 Å². The average molecular weight is 300 g/mol. The molecule has 1 amide bonds. The van der Waals surface area contributed by atoms with E-state index in [2.05, 4.69) is 10.3 Å². The maximum absolute atomic E-state index is 12.3. The van der Waals surface area contributed by atoms with Gasteiger partial charge in [0.1, 0.15) is 0 Å². The van der Waals surface area contributed by atoms with Gasteiger partial charge >= 0.3 is 5.97 Å². The summed E-state index contributed by atoms with van der Waals surface area (Å²) in [6.07, 6.45) is 2.40. The number of carboxylic acids is 1. The Kier molecular flexibility index (Phi) is 5.47. The molecule has 2 N–H and O–H groups in total. The molecule has 0 bridgehead atoms. The van der Waals surface area contributed by atoms with Crippen molar-refractivity contribution in [1.29, 1.82) is 0 Å². The van der Waals surface area contributed by atoms with E-state index in [9.17, 15) is 9.59 Å². The van der Waals surface area contributed by atoms with Crippen LogP contribution in [0, 0.1) is 6.92 Å². The van der Waals surface area contributed by atoms with Gasteiger partial charge in [0, 0.05) is 24.0 Å². The minimum absolute atomic E-state index is 0.111. The van der Waals surface area contributed by atoms with E-state index in [1.165, 1.54) is 0 Å². The number of nitrogens with one attached hydrogen (secondary N) is 1. The number of carbonyl (C=O) groups excluding carboxylic acids is 1. The van der Waals surface area contributed by atoms with Crippen molar-refractivity contribution in [1.82, 2.24) is 10.3 Å². The van der Waals surface area contributed by atoms with Crippen LogP contribution in [0.15, 0.2) is 30.3 Å². The second-order valence-electron chi connectivity index (χ2n) is 5.29. The molecule has 0 saturated heterocycles. The summed E-state index contributed by atoms with van der Waals surface area (Å²) in [5.74, 6) is -0.886. The van der Waals surface area contributed by atoms with Gasteiger partial charge in [0.2, 0.25) is 0 Å². The molecule has 0 atom stereocenters. The SMILES string of the molecule is Cc1cc(C(=O)NCCCCCC(=O)O)c2ccccc2n1. The minimum Gasteiger partial charge on any atom is -0.481 e. The van der Waals surface area contributed by atoms with Gasteiger partial charge < -0.3 is 10.4 Å². The van der Waals surface area contributed by atoms with E-state index in [1.807, 2.05) is 31.2 Å². The lowest BCUT2D eigenvalue weighted by molar-refractivity contribution is -0.137. The van der Waals surface area contributed by atoms with Crippen LogP contribution < -0.4 is 5.32 Å². The van der Waals surface area contributed by atoms with E-state index in [1.54, 1.807) is 6.07 Å². The molecule has 5 nitrogen and oxygen atoms in total. The number of amides is 1. The van der Waals surface area contributed by atoms with Crippen molar-refractivity contribution >= 4 is 22.8 Å². The van der Waals surface area contributed by atoms with Crippen LogP contribution in [0.2, 0.25) is 0 Å². The number of rotatable bonds is 7. The number of hydrogen-bond donors (Lipinski definition) is 2. The van der Waals surface area contributed by atoms with Crippen molar-refractivity contribution in [2.45, 2.75) is 32.6 Å². The number of pyridine rings is 1. The fraction of sp³-hybridized carbons (Fsp3) is 0.353. The Balaban J connectivity index is 1.94. The Morgan fingerprint density at radius 3 is 2.73 bits per heavy atom. The molecule has 0 aliphatic heterocycles. The summed E-state index contributed by atoms with van der Waals surface area (Å²) in [5.41, 5.74) is 2.26. The Morgan fingerprint density at radius 1 is 1.18 bits per heavy atom. The number of aliphatic carboxylic acids is 1. The van der Waals surface area contributed by atoms with E-state index in [-0.39, 0.29) is 12.3 Å². The summed E-state index contributed by atoms with van der Waals surface area (Å²) in [4.78, 5) is 27.1. The van der Waals surface area contributed by atoms with Gasteiger partial charge in [-0.1, -0.05) is 24.6 Å². The van der Waals surface area contributed by atoms with Crippen molar-refractivity contribution in [3.05, 3.63) is 41.6 Å². The lowest BCUT2D eigenvalue weighted by Gasteiger charge is -2.09. The first-order valence-electron chi connectivity index (χ1n) is 7.44. The van der Waals surface area contributed by atoms with E-state index >= 15 is 0 Å². The van der Waals surface area contributed by atoms with E-state index in [0.717, 1.165) is 29.4 Å². The number of carboxylic acid groups (broad SMARTS) is 1. The molecule has 5 heteroatoms. The van der Waals surface area contributed by atoms with Gasteiger partial charge in [0.05, 0.1) is 11.1 Å². The quantitative estimate of drug-likeness (QED) is 0.771. The number of nitrogens with zero attached hydrogens (tertiary/aromatic N) is 1. The fourth-order valence-corrected chi connectivity index (χ4v) is 2.37. The zero-order valence-electron chi connectivity index (χ0n) is 12.6. The number of hydrogen-bond acceptors (Lipinski definition) is 3. The summed E-state index contributed by atoms with van der Waals surface area (Å²) in [5, 5.41) is 12.3. The molecular formula is C17H20N2O3. The maximum Gasteiger partial charge on any atom is 0.303 e. The van der Waals surface area contributed by atoms with Gasteiger partial charge in [0.25, 0.3) is 5.91 Å². The number of benzene rings is 1. The Labute approximate surface area is 129 Å². The largest absolute Gasteiger partial charge is 0.481 e. The van der Waals surface area contributed by atoms with Crippen molar-refractivity contribution in [3.63, 3.8) is 0 Å². The normalized spacial score (nSPS) is 10.6. The van der Waals surface area contributed by atoms with Crippen LogP contribution in [0.3, 0.4) is 0 Å². The van der Waals surface area contributed by atoms with Gasteiger partial charge in [-0.2, -0.15) is 0 Å². The number of aromatic nitrogens is 1. The molecule has 22 heavy (non-hydrogen) atoms. The molecule has 0 spiro atoms. The summed E-state index contributed by atoms with van der Waals surface area (Å²) < 4.78 is 0. The lowest BCUT2D eigenvalue weighted by Crippen LogP contribution is -2.25. The highest BCUT2D eigenvalue weighted by molar-refractivity contribution is 6.06. The highest BCUT2D eigenvalue weighted by Gasteiger charge is 2.11. The van der Waals surface area contributed by atoms with E-state index in [4.69, 9.17) is 5.11 Å². The molecule has 1 aromatic heterocycles. The predicted molar refractivity (Wildman–Crippen MR) is 84.9 cm³/mol. The average Bonchev–Trinajstić information content (AvgIpc) is 2.49. The van der Waals surface area contributed by atoms with Crippen LogP contribution in [-0.4, -0.2) is 28.5 Å². The molecule has 0 unspecified atom stereocenters. The van der Waals surface area contributed by atoms with Crippen LogP contribution >= 0.6 is 0 Å².